The van der Waals surface area contributed by atoms with E-state index in [-0.39, 0.29) is 6.42 Å². The molecule has 7 nitrogen and oxygen atoms in total. The fourth-order valence-corrected chi connectivity index (χ4v) is 1.37. The number of carboxylic acids is 1. The van der Waals surface area contributed by atoms with Gasteiger partial charge in [0, 0.05) is 32.9 Å². The van der Waals surface area contributed by atoms with Crippen LogP contribution < -0.4 is 5.73 Å². The van der Waals surface area contributed by atoms with Crippen molar-refractivity contribution in [2.24, 2.45) is 5.73 Å². The Kier molecular flexibility index (Phi) is 5.58. The van der Waals surface area contributed by atoms with E-state index in [2.05, 4.69) is 10.3 Å². The van der Waals surface area contributed by atoms with Gasteiger partial charge in [-0.3, -0.25) is 9.48 Å². The van der Waals surface area contributed by atoms with Crippen LogP contribution in [0.1, 0.15) is 18.5 Å². The minimum Gasteiger partial charge on any atom is -0.480 e. The second kappa shape index (κ2) is 6.97. The number of hydrogen-bond acceptors (Lipinski definition) is 5. The van der Waals surface area contributed by atoms with Crippen LogP contribution in [0.15, 0.2) is 6.20 Å². The van der Waals surface area contributed by atoms with Crippen LogP contribution in [0.25, 0.3) is 0 Å². The highest BCUT2D eigenvalue weighted by Gasteiger charge is 2.14. The molecule has 0 amide bonds. The van der Waals surface area contributed by atoms with E-state index in [0.717, 1.165) is 26.0 Å². The number of carbonyl (C=O) groups is 1. The first-order valence-corrected chi connectivity index (χ1v) is 5.50. The Balaban J connectivity index is 2.34. The number of carboxylic acid groups (broad SMARTS) is 1. The van der Waals surface area contributed by atoms with Gasteiger partial charge >= 0.3 is 5.97 Å². The number of aliphatic carboxylic acids is 1. The second-order valence-electron chi connectivity index (χ2n) is 3.82. The van der Waals surface area contributed by atoms with E-state index in [1.165, 1.54) is 0 Å². The highest BCUT2D eigenvalue weighted by molar-refractivity contribution is 5.73. The van der Waals surface area contributed by atoms with Crippen molar-refractivity contribution in [3.05, 3.63) is 11.9 Å². The van der Waals surface area contributed by atoms with E-state index >= 15 is 0 Å². The van der Waals surface area contributed by atoms with Gasteiger partial charge in [-0.1, -0.05) is 5.21 Å². The lowest BCUT2D eigenvalue weighted by atomic mass is 10.2. The lowest BCUT2D eigenvalue weighted by Crippen LogP contribution is -2.32. The van der Waals surface area contributed by atoms with E-state index < -0.39 is 12.0 Å². The van der Waals surface area contributed by atoms with Crippen molar-refractivity contribution in [2.75, 3.05) is 13.7 Å². The maximum absolute atomic E-state index is 10.6. The van der Waals surface area contributed by atoms with Crippen LogP contribution in [0.4, 0.5) is 0 Å². The van der Waals surface area contributed by atoms with Crippen molar-refractivity contribution >= 4 is 5.97 Å². The average Bonchev–Trinajstić information content (AvgIpc) is 2.72. The molecule has 1 unspecified atom stereocenters. The van der Waals surface area contributed by atoms with Crippen molar-refractivity contribution < 1.29 is 14.6 Å². The summed E-state index contributed by atoms with van der Waals surface area (Å²) in [6.07, 6.45) is 3.84. The molecule has 0 aliphatic heterocycles. The average molecular weight is 242 g/mol. The third-order valence-electron chi connectivity index (χ3n) is 2.32. The number of nitrogens with two attached hydrogens (primary N) is 1. The zero-order chi connectivity index (χ0) is 12.7. The molecule has 0 radical (unpaired) electrons. The van der Waals surface area contributed by atoms with Crippen LogP contribution in [0.2, 0.25) is 0 Å². The van der Waals surface area contributed by atoms with E-state index in [0.29, 0.717) is 5.69 Å². The summed E-state index contributed by atoms with van der Waals surface area (Å²) < 4.78 is 6.63. The van der Waals surface area contributed by atoms with Crippen molar-refractivity contribution in [2.45, 2.75) is 31.8 Å². The molecule has 0 aromatic carbocycles. The molecule has 0 fully saturated rings. The summed E-state index contributed by atoms with van der Waals surface area (Å²) in [5, 5.41) is 16.4. The Morgan fingerprint density at radius 3 is 3.06 bits per heavy atom. The minimum absolute atomic E-state index is 0.202. The predicted molar refractivity (Wildman–Crippen MR) is 60.4 cm³/mol. The van der Waals surface area contributed by atoms with E-state index in [4.69, 9.17) is 15.6 Å². The number of unbranched alkanes of at least 4 members (excludes halogenated alkanes) is 1. The van der Waals surface area contributed by atoms with Gasteiger partial charge in [-0.25, -0.2) is 0 Å². The number of methoxy groups -OCH3 is 1. The highest BCUT2D eigenvalue weighted by Crippen LogP contribution is 2.00. The van der Waals surface area contributed by atoms with Gasteiger partial charge in [0.2, 0.25) is 0 Å². The molecule has 7 heteroatoms. The van der Waals surface area contributed by atoms with E-state index in [9.17, 15) is 4.79 Å². The topological polar surface area (TPSA) is 103 Å². The molecule has 0 aliphatic rings. The molecule has 0 saturated carbocycles. The fourth-order valence-electron chi connectivity index (χ4n) is 1.37. The molecule has 1 heterocycles. The number of rotatable bonds is 8. The van der Waals surface area contributed by atoms with Crippen molar-refractivity contribution in [1.82, 2.24) is 15.0 Å². The summed E-state index contributed by atoms with van der Waals surface area (Å²) in [4.78, 5) is 10.6. The third-order valence-corrected chi connectivity index (χ3v) is 2.32. The molecule has 1 rings (SSSR count). The summed E-state index contributed by atoms with van der Waals surface area (Å²) >= 11 is 0. The number of nitrogens with zero attached hydrogens (tertiary/aromatic N) is 3. The molecule has 96 valence electrons. The third kappa shape index (κ3) is 4.92. The summed E-state index contributed by atoms with van der Waals surface area (Å²) in [6.45, 7) is 1.48. The molecule has 3 N–H and O–H groups in total. The van der Waals surface area contributed by atoms with Crippen molar-refractivity contribution in [3.8, 4) is 0 Å². The van der Waals surface area contributed by atoms with E-state index in [1.807, 2.05) is 0 Å². The van der Waals surface area contributed by atoms with Crippen LogP contribution >= 0.6 is 0 Å². The second-order valence-corrected chi connectivity index (χ2v) is 3.82. The number of aromatic nitrogens is 3. The Morgan fingerprint density at radius 2 is 2.41 bits per heavy atom. The summed E-state index contributed by atoms with van der Waals surface area (Å²) in [5.41, 5.74) is 6.01. The first-order chi connectivity index (χ1) is 8.13. The summed E-state index contributed by atoms with van der Waals surface area (Å²) in [5.74, 6) is -1.03. The maximum Gasteiger partial charge on any atom is 0.320 e. The SMILES string of the molecule is COCCCCn1cc(CC(N)C(=O)O)nn1. The molecule has 0 saturated heterocycles. The molecule has 0 aliphatic carbocycles. The maximum atomic E-state index is 10.6. The fraction of sp³-hybridized carbons (Fsp3) is 0.700. The van der Waals surface area contributed by atoms with Gasteiger partial charge in [-0.2, -0.15) is 0 Å². The molecule has 1 aromatic rings. The smallest absolute Gasteiger partial charge is 0.320 e. The quantitative estimate of drug-likeness (QED) is 0.604. The molecule has 17 heavy (non-hydrogen) atoms. The lowest BCUT2D eigenvalue weighted by molar-refractivity contribution is -0.138. The monoisotopic (exact) mass is 242 g/mol. The van der Waals surface area contributed by atoms with Crippen molar-refractivity contribution in [3.63, 3.8) is 0 Å². The first kappa shape index (κ1) is 13.6. The zero-order valence-corrected chi connectivity index (χ0v) is 9.87. The molecule has 0 spiro atoms. The Morgan fingerprint density at radius 1 is 1.65 bits per heavy atom. The van der Waals surface area contributed by atoms with Crippen molar-refractivity contribution in [1.29, 1.82) is 0 Å². The molecule has 1 atom stereocenters. The molecular weight excluding hydrogens is 224 g/mol. The molecule has 1 aromatic heterocycles. The first-order valence-electron chi connectivity index (χ1n) is 5.50. The van der Waals surface area contributed by atoms with Crippen LogP contribution in [-0.4, -0.2) is 45.8 Å². The van der Waals surface area contributed by atoms with Gasteiger partial charge in [0.15, 0.2) is 0 Å². The van der Waals surface area contributed by atoms with Crippen LogP contribution in [0.3, 0.4) is 0 Å². The Hall–Kier alpha value is -1.47. The van der Waals surface area contributed by atoms with Gasteiger partial charge in [0.1, 0.15) is 6.04 Å². The normalized spacial score (nSPS) is 12.6. The van der Waals surface area contributed by atoms with Gasteiger partial charge in [0.05, 0.1) is 5.69 Å². The summed E-state index contributed by atoms with van der Waals surface area (Å²) in [6, 6.07) is -0.923. The zero-order valence-electron chi connectivity index (χ0n) is 9.87. The van der Waals surface area contributed by atoms with Gasteiger partial charge in [0.25, 0.3) is 0 Å². The Bertz CT molecular complexity index is 353. The lowest BCUT2D eigenvalue weighted by Gasteiger charge is -2.01. The predicted octanol–water partition coefficient (Wildman–Crippen LogP) is -0.341. The Labute approximate surface area is 99.6 Å². The molecule has 0 bridgehead atoms. The number of aryl methyl sites for hydroxylation is 1. The standard InChI is InChI=1S/C10H18N4O3/c1-17-5-3-2-4-14-7-8(12-13-14)6-9(11)10(15)16/h7,9H,2-6,11H2,1H3,(H,15,16). The summed E-state index contributed by atoms with van der Waals surface area (Å²) in [7, 11) is 1.67. The van der Waals surface area contributed by atoms with Gasteiger partial charge < -0.3 is 15.6 Å². The molecular formula is C10H18N4O3. The largest absolute Gasteiger partial charge is 0.480 e. The number of ether oxygens (including phenoxy) is 1. The highest BCUT2D eigenvalue weighted by atomic mass is 16.5. The van der Waals surface area contributed by atoms with Crippen LogP contribution in [-0.2, 0) is 22.5 Å². The van der Waals surface area contributed by atoms with Gasteiger partial charge in [-0.05, 0) is 12.8 Å². The minimum atomic E-state index is -1.03. The van der Waals surface area contributed by atoms with Gasteiger partial charge in [-0.15, -0.1) is 5.10 Å². The van der Waals surface area contributed by atoms with E-state index in [1.54, 1.807) is 18.0 Å². The van der Waals surface area contributed by atoms with Crippen LogP contribution in [0.5, 0.6) is 0 Å². The van der Waals surface area contributed by atoms with Crippen LogP contribution in [0, 0.1) is 0 Å². The number of hydrogen-bond donors (Lipinski definition) is 2.